The highest BCUT2D eigenvalue weighted by Crippen LogP contribution is 2.22. The highest BCUT2D eigenvalue weighted by atomic mass is 79.9. The van der Waals surface area contributed by atoms with Gasteiger partial charge in [0.25, 0.3) is 0 Å². The molecule has 4 nitrogen and oxygen atoms in total. The molecule has 0 amide bonds. The summed E-state index contributed by atoms with van der Waals surface area (Å²) < 4.78 is 8.10. The van der Waals surface area contributed by atoms with E-state index >= 15 is 0 Å². The molecule has 1 aromatic carbocycles. The maximum Gasteiger partial charge on any atom is 0.179 e. The van der Waals surface area contributed by atoms with Crippen LogP contribution in [0.1, 0.15) is 5.76 Å². The second-order valence-corrected chi connectivity index (χ2v) is 5.34. The summed E-state index contributed by atoms with van der Waals surface area (Å²) in [6, 6.07) is 10.1. The monoisotopic (exact) mass is 327 g/mol. The molecule has 2 rings (SSSR count). The van der Waals surface area contributed by atoms with Gasteiger partial charge in [-0.15, -0.1) is 0 Å². The van der Waals surface area contributed by atoms with Gasteiger partial charge in [0.15, 0.2) is 5.82 Å². The lowest BCUT2D eigenvalue weighted by Crippen LogP contribution is -2.01. The molecule has 0 aliphatic rings. The third-order valence-corrected chi connectivity index (χ3v) is 3.39. The van der Waals surface area contributed by atoms with E-state index in [1.54, 1.807) is 0 Å². The molecule has 0 unspecified atom stereocenters. The van der Waals surface area contributed by atoms with Crippen molar-refractivity contribution < 1.29 is 4.52 Å². The average Bonchev–Trinajstić information content (AvgIpc) is 2.81. The fraction of sp³-hybridized carbons (Fsp3) is 0.250. The van der Waals surface area contributed by atoms with E-state index in [2.05, 4.69) is 55.4 Å². The molecule has 18 heavy (non-hydrogen) atoms. The zero-order valence-corrected chi connectivity index (χ0v) is 12.3. The van der Waals surface area contributed by atoms with Crippen LogP contribution in [0.15, 0.2) is 39.8 Å². The van der Waals surface area contributed by atoms with Crippen molar-refractivity contribution in [1.82, 2.24) is 5.16 Å². The van der Waals surface area contributed by atoms with Crippen LogP contribution in [0.2, 0.25) is 0 Å². The van der Waals surface area contributed by atoms with Crippen LogP contribution in [0.3, 0.4) is 0 Å². The number of hydrogen-bond acceptors (Lipinski definition) is 5. The normalized spacial score (nSPS) is 10.3. The maximum absolute atomic E-state index is 4.98. The fourth-order valence-corrected chi connectivity index (χ4v) is 2.15. The van der Waals surface area contributed by atoms with Crippen molar-refractivity contribution in [3.63, 3.8) is 0 Å². The van der Waals surface area contributed by atoms with Gasteiger partial charge in [0.2, 0.25) is 0 Å². The van der Waals surface area contributed by atoms with Gasteiger partial charge >= 0.3 is 0 Å². The number of hydrogen-bond donors (Lipinski definition) is 2. The van der Waals surface area contributed by atoms with Crippen LogP contribution in [-0.4, -0.2) is 17.0 Å². The van der Waals surface area contributed by atoms with Crippen molar-refractivity contribution in [2.75, 3.05) is 21.9 Å². The first-order chi connectivity index (χ1) is 8.78. The first kappa shape index (κ1) is 13.3. The number of nitrogens with one attached hydrogen (secondary N) is 2. The molecule has 0 radical (unpaired) electrons. The number of nitrogens with zero attached hydrogens (tertiary/aromatic N) is 1. The first-order valence-corrected chi connectivity index (χ1v) is 7.48. The first-order valence-electron chi connectivity index (χ1n) is 5.54. The molecule has 96 valence electrons. The van der Waals surface area contributed by atoms with Crippen molar-refractivity contribution in [3.05, 3.63) is 36.1 Å². The van der Waals surface area contributed by atoms with Crippen LogP contribution < -0.4 is 10.0 Å². The summed E-state index contributed by atoms with van der Waals surface area (Å²) in [4.78, 5) is 1.13. The van der Waals surface area contributed by atoms with Gasteiger partial charge in [-0.25, -0.2) is 0 Å². The fourth-order valence-electron chi connectivity index (χ4n) is 1.36. The average molecular weight is 328 g/mol. The number of aryl methyl sites for hydroxylation is 1. The van der Waals surface area contributed by atoms with Gasteiger partial charge in [0, 0.05) is 28.5 Å². The van der Waals surface area contributed by atoms with Gasteiger partial charge in [-0.1, -0.05) is 21.1 Å². The molecule has 0 fully saturated rings. The summed E-state index contributed by atoms with van der Waals surface area (Å²) >= 11 is 4.89. The van der Waals surface area contributed by atoms with Crippen molar-refractivity contribution in [2.24, 2.45) is 0 Å². The highest BCUT2D eigenvalue weighted by Gasteiger charge is 2.00. The van der Waals surface area contributed by atoms with Gasteiger partial charge in [-0.3, -0.25) is 0 Å². The number of benzene rings is 1. The zero-order valence-electron chi connectivity index (χ0n) is 9.94. The number of alkyl halides is 1. The lowest BCUT2D eigenvalue weighted by molar-refractivity contribution is 0.400. The van der Waals surface area contributed by atoms with E-state index in [0.29, 0.717) is 0 Å². The summed E-state index contributed by atoms with van der Waals surface area (Å²) in [6.07, 6.45) is 0. The smallest absolute Gasteiger partial charge is 0.179 e. The highest BCUT2D eigenvalue weighted by molar-refractivity contribution is 9.09. The molecular formula is C12H14BrN3OS. The molecule has 0 atom stereocenters. The number of halogens is 1. The predicted octanol–water partition coefficient (Wildman–Crippen LogP) is 3.91. The van der Waals surface area contributed by atoms with E-state index in [0.717, 1.165) is 34.0 Å². The van der Waals surface area contributed by atoms with Gasteiger partial charge in [0.1, 0.15) is 5.76 Å². The molecule has 2 N–H and O–H groups in total. The Morgan fingerprint density at radius 1 is 1.33 bits per heavy atom. The minimum Gasteiger partial charge on any atom is -0.384 e. The lowest BCUT2D eigenvalue weighted by Gasteiger charge is -2.05. The minimum atomic E-state index is 0.735. The van der Waals surface area contributed by atoms with Gasteiger partial charge in [0.05, 0.1) is 0 Å². The van der Waals surface area contributed by atoms with Gasteiger partial charge < -0.3 is 14.6 Å². The van der Waals surface area contributed by atoms with Crippen molar-refractivity contribution in [2.45, 2.75) is 11.8 Å². The van der Waals surface area contributed by atoms with E-state index < -0.39 is 0 Å². The topological polar surface area (TPSA) is 50.1 Å². The Morgan fingerprint density at radius 2 is 2.11 bits per heavy atom. The summed E-state index contributed by atoms with van der Waals surface area (Å²) in [5.74, 6) is 1.53. The molecule has 0 spiro atoms. The lowest BCUT2D eigenvalue weighted by atomic mass is 10.3. The SMILES string of the molecule is Cc1cc(NSc2ccc(NCCBr)cc2)no1. The molecular weight excluding hydrogens is 314 g/mol. The third-order valence-electron chi connectivity index (χ3n) is 2.18. The van der Waals surface area contributed by atoms with E-state index in [4.69, 9.17) is 4.52 Å². The predicted molar refractivity (Wildman–Crippen MR) is 79.4 cm³/mol. The largest absolute Gasteiger partial charge is 0.384 e. The Bertz CT molecular complexity index is 486. The van der Waals surface area contributed by atoms with Crippen LogP contribution in [0, 0.1) is 6.92 Å². The number of aromatic nitrogens is 1. The quantitative estimate of drug-likeness (QED) is 0.622. The van der Waals surface area contributed by atoms with Crippen LogP contribution in [0.5, 0.6) is 0 Å². The van der Waals surface area contributed by atoms with E-state index in [1.165, 1.54) is 11.9 Å². The second-order valence-electron chi connectivity index (χ2n) is 3.67. The maximum atomic E-state index is 4.98. The third kappa shape index (κ3) is 3.96. The van der Waals surface area contributed by atoms with Gasteiger partial charge in [-0.2, -0.15) is 0 Å². The van der Waals surface area contributed by atoms with E-state index in [1.807, 2.05) is 13.0 Å². The Kier molecular flexibility index (Phi) is 4.95. The molecule has 0 aliphatic carbocycles. The van der Waals surface area contributed by atoms with Crippen molar-refractivity contribution in [1.29, 1.82) is 0 Å². The van der Waals surface area contributed by atoms with E-state index in [9.17, 15) is 0 Å². The van der Waals surface area contributed by atoms with Crippen LogP contribution in [-0.2, 0) is 0 Å². The molecule has 1 aromatic heterocycles. The van der Waals surface area contributed by atoms with E-state index in [-0.39, 0.29) is 0 Å². The zero-order chi connectivity index (χ0) is 12.8. The Labute approximate surface area is 119 Å². The number of anilines is 2. The van der Waals surface area contributed by atoms with Crippen molar-refractivity contribution >= 4 is 39.4 Å². The van der Waals surface area contributed by atoms with Gasteiger partial charge in [-0.05, 0) is 43.1 Å². The molecule has 1 heterocycles. The molecule has 0 saturated carbocycles. The summed E-state index contributed by atoms with van der Waals surface area (Å²) in [5, 5.41) is 8.10. The Morgan fingerprint density at radius 3 is 2.72 bits per heavy atom. The minimum absolute atomic E-state index is 0.735. The van der Waals surface area contributed by atoms with Crippen LogP contribution in [0.25, 0.3) is 0 Å². The number of rotatable bonds is 6. The second kappa shape index (κ2) is 6.70. The van der Waals surface area contributed by atoms with Crippen LogP contribution in [0.4, 0.5) is 11.5 Å². The summed E-state index contributed by atoms with van der Waals surface area (Å²) in [5.41, 5.74) is 1.12. The molecule has 2 aromatic rings. The molecule has 6 heteroatoms. The van der Waals surface area contributed by atoms with Crippen LogP contribution >= 0.6 is 27.9 Å². The van der Waals surface area contributed by atoms with Crippen molar-refractivity contribution in [3.8, 4) is 0 Å². The molecule has 0 saturated heterocycles. The molecule has 0 bridgehead atoms. The Balaban J connectivity index is 1.86. The standard InChI is InChI=1S/C12H14BrN3OS/c1-9-8-12(15-17-9)16-18-11-4-2-10(3-5-11)14-7-6-13/h2-5,8,14H,6-7H2,1H3,(H,15,16). The molecule has 0 aliphatic heterocycles. The Hall–Kier alpha value is -1.14. The summed E-state index contributed by atoms with van der Waals surface area (Å²) in [7, 11) is 0. The summed E-state index contributed by atoms with van der Waals surface area (Å²) in [6.45, 7) is 2.79.